The summed E-state index contributed by atoms with van der Waals surface area (Å²) in [5.41, 5.74) is 5.50. The SMILES string of the molecule is NCCCN1CCN(c2ncc(Br)cc2F)CC1. The van der Waals surface area contributed by atoms with Crippen molar-refractivity contribution in [3.8, 4) is 0 Å². The summed E-state index contributed by atoms with van der Waals surface area (Å²) in [6, 6.07) is 1.46. The Kier molecular flexibility index (Phi) is 4.91. The summed E-state index contributed by atoms with van der Waals surface area (Å²) in [4.78, 5) is 8.52. The Morgan fingerprint density at radius 1 is 1.33 bits per heavy atom. The van der Waals surface area contributed by atoms with Gasteiger partial charge in [0.2, 0.25) is 0 Å². The third-order valence-electron chi connectivity index (χ3n) is 3.14. The average molecular weight is 317 g/mol. The smallest absolute Gasteiger partial charge is 0.166 e. The number of halogens is 2. The summed E-state index contributed by atoms with van der Waals surface area (Å²) in [6.07, 6.45) is 2.66. The minimum Gasteiger partial charge on any atom is -0.352 e. The minimum absolute atomic E-state index is 0.264. The second-order valence-corrected chi connectivity index (χ2v) is 5.35. The standard InChI is InChI=1S/C12H18BrFN4/c13-10-8-11(14)12(16-9-10)18-6-4-17(5-7-18)3-1-2-15/h8-9H,1-7,15H2. The lowest BCUT2D eigenvalue weighted by Gasteiger charge is -2.35. The molecule has 0 aromatic carbocycles. The molecule has 1 aromatic rings. The molecule has 0 unspecified atom stereocenters. The van der Waals surface area contributed by atoms with Crippen molar-refractivity contribution in [1.29, 1.82) is 0 Å². The van der Waals surface area contributed by atoms with Crippen molar-refractivity contribution < 1.29 is 4.39 Å². The van der Waals surface area contributed by atoms with Gasteiger partial charge in [-0.2, -0.15) is 0 Å². The average Bonchev–Trinajstić information content (AvgIpc) is 2.37. The lowest BCUT2D eigenvalue weighted by Crippen LogP contribution is -2.47. The number of hydrogen-bond donors (Lipinski definition) is 1. The van der Waals surface area contributed by atoms with Crippen LogP contribution in [0.1, 0.15) is 6.42 Å². The third kappa shape index (κ3) is 3.40. The molecule has 1 aromatic heterocycles. The van der Waals surface area contributed by atoms with E-state index in [1.54, 1.807) is 6.20 Å². The molecule has 1 saturated heterocycles. The molecule has 6 heteroatoms. The van der Waals surface area contributed by atoms with E-state index in [-0.39, 0.29) is 5.82 Å². The maximum absolute atomic E-state index is 13.8. The van der Waals surface area contributed by atoms with Gasteiger partial charge in [-0.1, -0.05) is 0 Å². The summed E-state index contributed by atoms with van der Waals surface area (Å²) in [7, 11) is 0. The van der Waals surface area contributed by atoms with Crippen molar-refractivity contribution in [1.82, 2.24) is 9.88 Å². The van der Waals surface area contributed by atoms with Gasteiger partial charge in [-0.3, -0.25) is 4.90 Å². The molecule has 0 amide bonds. The summed E-state index contributed by atoms with van der Waals surface area (Å²) in [5, 5.41) is 0. The zero-order chi connectivity index (χ0) is 13.0. The summed E-state index contributed by atoms with van der Waals surface area (Å²) >= 11 is 3.22. The monoisotopic (exact) mass is 316 g/mol. The maximum Gasteiger partial charge on any atom is 0.166 e. The molecule has 100 valence electrons. The van der Waals surface area contributed by atoms with Gasteiger partial charge in [-0.05, 0) is 41.5 Å². The van der Waals surface area contributed by atoms with Crippen molar-refractivity contribution in [2.45, 2.75) is 6.42 Å². The van der Waals surface area contributed by atoms with Crippen LogP contribution in [0.15, 0.2) is 16.7 Å². The summed E-state index contributed by atoms with van der Waals surface area (Å²) in [6.45, 7) is 5.27. The molecule has 0 aliphatic carbocycles. The quantitative estimate of drug-likeness (QED) is 0.913. The van der Waals surface area contributed by atoms with E-state index in [0.717, 1.165) is 45.7 Å². The Morgan fingerprint density at radius 2 is 2.06 bits per heavy atom. The van der Waals surface area contributed by atoms with Crippen molar-refractivity contribution >= 4 is 21.7 Å². The van der Waals surface area contributed by atoms with Crippen LogP contribution in [-0.4, -0.2) is 49.2 Å². The van der Waals surface area contributed by atoms with Crippen LogP contribution in [-0.2, 0) is 0 Å². The van der Waals surface area contributed by atoms with Crippen molar-refractivity contribution in [2.75, 3.05) is 44.2 Å². The van der Waals surface area contributed by atoms with Gasteiger partial charge in [0.15, 0.2) is 11.6 Å². The van der Waals surface area contributed by atoms with Gasteiger partial charge >= 0.3 is 0 Å². The first-order valence-corrected chi connectivity index (χ1v) is 6.98. The van der Waals surface area contributed by atoms with Crippen molar-refractivity contribution in [3.63, 3.8) is 0 Å². The molecule has 1 aliphatic heterocycles. The molecule has 0 radical (unpaired) electrons. The van der Waals surface area contributed by atoms with Gasteiger partial charge in [0, 0.05) is 36.8 Å². The molecule has 0 spiro atoms. The van der Waals surface area contributed by atoms with Crippen LogP contribution < -0.4 is 10.6 Å². The summed E-state index contributed by atoms with van der Waals surface area (Å²) in [5.74, 6) is 0.191. The first-order chi connectivity index (χ1) is 8.70. The molecule has 1 fully saturated rings. The molecular weight excluding hydrogens is 299 g/mol. The van der Waals surface area contributed by atoms with E-state index < -0.39 is 0 Å². The van der Waals surface area contributed by atoms with Crippen LogP contribution in [0, 0.1) is 5.82 Å². The first-order valence-electron chi connectivity index (χ1n) is 6.19. The second kappa shape index (κ2) is 6.45. The number of rotatable bonds is 4. The number of anilines is 1. The van der Waals surface area contributed by atoms with Crippen LogP contribution in [0.2, 0.25) is 0 Å². The number of nitrogens with zero attached hydrogens (tertiary/aromatic N) is 3. The van der Waals surface area contributed by atoms with E-state index in [1.165, 1.54) is 6.07 Å². The number of piperazine rings is 1. The lowest BCUT2D eigenvalue weighted by molar-refractivity contribution is 0.255. The summed E-state index contributed by atoms with van der Waals surface area (Å²) < 4.78 is 14.4. The lowest BCUT2D eigenvalue weighted by atomic mass is 10.2. The second-order valence-electron chi connectivity index (χ2n) is 4.43. The zero-order valence-electron chi connectivity index (χ0n) is 10.3. The van der Waals surface area contributed by atoms with E-state index in [4.69, 9.17) is 5.73 Å². The Bertz CT molecular complexity index is 394. The first kappa shape index (κ1) is 13.7. The molecule has 4 nitrogen and oxygen atoms in total. The molecule has 2 rings (SSSR count). The van der Waals surface area contributed by atoms with Crippen LogP contribution in [0.5, 0.6) is 0 Å². The predicted molar refractivity (Wildman–Crippen MR) is 74.2 cm³/mol. The van der Waals surface area contributed by atoms with Gasteiger partial charge < -0.3 is 10.6 Å². The Balaban J connectivity index is 1.93. The molecule has 0 bridgehead atoms. The Morgan fingerprint density at radius 3 is 2.67 bits per heavy atom. The minimum atomic E-state index is -0.264. The van der Waals surface area contributed by atoms with Crippen LogP contribution in [0.3, 0.4) is 0 Å². The number of nitrogens with two attached hydrogens (primary N) is 1. The molecule has 0 atom stereocenters. The number of aromatic nitrogens is 1. The molecule has 0 saturated carbocycles. The molecule has 1 aliphatic rings. The molecule has 2 N–H and O–H groups in total. The van der Waals surface area contributed by atoms with Crippen LogP contribution in [0.25, 0.3) is 0 Å². The van der Waals surface area contributed by atoms with Gasteiger partial charge in [-0.15, -0.1) is 0 Å². The molecular formula is C12H18BrFN4. The molecule has 18 heavy (non-hydrogen) atoms. The predicted octanol–water partition coefficient (Wildman–Crippen LogP) is 1.45. The number of pyridine rings is 1. The fraction of sp³-hybridized carbons (Fsp3) is 0.583. The van der Waals surface area contributed by atoms with Crippen molar-refractivity contribution in [3.05, 3.63) is 22.6 Å². The Hall–Kier alpha value is -0.720. The topological polar surface area (TPSA) is 45.4 Å². The highest BCUT2D eigenvalue weighted by molar-refractivity contribution is 9.10. The van der Waals surface area contributed by atoms with Crippen LogP contribution >= 0.6 is 15.9 Å². The van der Waals surface area contributed by atoms with E-state index >= 15 is 0 Å². The van der Waals surface area contributed by atoms with Crippen LogP contribution in [0.4, 0.5) is 10.2 Å². The van der Waals surface area contributed by atoms with E-state index in [9.17, 15) is 4.39 Å². The van der Waals surface area contributed by atoms with Gasteiger partial charge in [-0.25, -0.2) is 9.37 Å². The van der Waals surface area contributed by atoms with Crippen molar-refractivity contribution in [2.24, 2.45) is 5.73 Å². The van der Waals surface area contributed by atoms with Gasteiger partial charge in [0.25, 0.3) is 0 Å². The fourth-order valence-corrected chi connectivity index (χ4v) is 2.44. The van der Waals surface area contributed by atoms with Gasteiger partial charge in [0.1, 0.15) is 0 Å². The molecule has 2 heterocycles. The largest absolute Gasteiger partial charge is 0.352 e. The van der Waals surface area contributed by atoms with E-state index in [2.05, 4.69) is 25.8 Å². The van der Waals surface area contributed by atoms with Gasteiger partial charge in [0.05, 0.1) is 0 Å². The highest BCUT2D eigenvalue weighted by Crippen LogP contribution is 2.21. The third-order valence-corrected chi connectivity index (χ3v) is 3.57. The zero-order valence-corrected chi connectivity index (χ0v) is 11.9. The van der Waals surface area contributed by atoms with E-state index in [0.29, 0.717) is 10.3 Å². The normalized spacial score (nSPS) is 17.2. The highest BCUT2D eigenvalue weighted by atomic mass is 79.9. The number of hydrogen-bond acceptors (Lipinski definition) is 4. The highest BCUT2D eigenvalue weighted by Gasteiger charge is 2.20. The maximum atomic E-state index is 13.8. The fourth-order valence-electron chi connectivity index (χ4n) is 2.14. The van der Waals surface area contributed by atoms with E-state index in [1.807, 2.05) is 4.90 Å². The Labute approximate surface area is 115 Å².